The van der Waals surface area contributed by atoms with E-state index in [1.54, 1.807) is 6.20 Å². The van der Waals surface area contributed by atoms with Crippen molar-refractivity contribution in [2.24, 2.45) is 5.92 Å². The molecule has 1 aliphatic rings. The van der Waals surface area contributed by atoms with E-state index in [2.05, 4.69) is 22.3 Å². The van der Waals surface area contributed by atoms with Gasteiger partial charge in [0.25, 0.3) is 0 Å². The zero-order chi connectivity index (χ0) is 17.1. The summed E-state index contributed by atoms with van der Waals surface area (Å²) in [4.78, 5) is 9.26. The number of nitrogens with one attached hydrogen (secondary N) is 1. The molecule has 0 aromatic carbocycles. The predicted octanol–water partition coefficient (Wildman–Crippen LogP) is 2.89. The molecular weight excluding hydrogens is 314 g/mol. The normalized spacial score (nSPS) is 17.7. The number of ether oxygens (including phenoxy) is 1. The van der Waals surface area contributed by atoms with Crippen LogP contribution >= 0.6 is 0 Å². The Morgan fingerprint density at radius 2 is 2.36 bits per heavy atom. The number of aryl methyl sites for hydroxylation is 1. The van der Waals surface area contributed by atoms with Crippen molar-refractivity contribution < 1.29 is 4.74 Å². The number of fused-ring (bicyclic) bond motifs is 1. The molecule has 0 saturated carbocycles. The number of nitrogens with zero attached hydrogens (tertiary/aromatic N) is 4. The first-order chi connectivity index (χ1) is 12.3. The highest BCUT2D eigenvalue weighted by Crippen LogP contribution is 2.28. The molecule has 0 radical (unpaired) electrons. The molecule has 6 heteroatoms. The van der Waals surface area contributed by atoms with E-state index in [-0.39, 0.29) is 0 Å². The van der Waals surface area contributed by atoms with Crippen LogP contribution in [0.3, 0.4) is 0 Å². The largest absolute Gasteiger partial charge is 0.477 e. The van der Waals surface area contributed by atoms with Crippen molar-refractivity contribution in [2.45, 2.75) is 26.3 Å². The van der Waals surface area contributed by atoms with E-state index in [0.717, 1.165) is 41.8 Å². The Morgan fingerprint density at radius 1 is 1.40 bits per heavy atom. The first-order valence-electron chi connectivity index (χ1n) is 8.95. The molecule has 0 amide bonds. The minimum Gasteiger partial charge on any atom is -0.477 e. The molecule has 1 unspecified atom stereocenters. The quantitative estimate of drug-likeness (QED) is 0.775. The summed E-state index contributed by atoms with van der Waals surface area (Å²) < 4.78 is 8.03. The fraction of sp³-hybridized carbons (Fsp3) is 0.421. The van der Waals surface area contributed by atoms with Crippen molar-refractivity contribution in [3.63, 3.8) is 0 Å². The number of pyridine rings is 2. The van der Waals surface area contributed by atoms with Crippen LogP contribution in [0, 0.1) is 5.92 Å². The van der Waals surface area contributed by atoms with Gasteiger partial charge in [-0.3, -0.25) is 9.67 Å². The average Bonchev–Trinajstić information content (AvgIpc) is 3.16. The summed E-state index contributed by atoms with van der Waals surface area (Å²) in [7, 11) is 0. The third-order valence-electron chi connectivity index (χ3n) is 4.67. The molecule has 0 spiro atoms. The van der Waals surface area contributed by atoms with Gasteiger partial charge in [0.15, 0.2) is 0 Å². The standard InChI is InChI=1S/C19H23N5O/c1-2-24-12-15(11-22-24)17-9-18-16(6-4-8-21-18)19(23-17)25-13-14-5-3-7-20-10-14/h4,6,8-9,11-12,14,20H,2-3,5,7,10,13H2,1H3. The average molecular weight is 337 g/mol. The van der Waals surface area contributed by atoms with E-state index in [1.807, 2.05) is 35.3 Å². The van der Waals surface area contributed by atoms with Crippen molar-refractivity contribution >= 4 is 10.9 Å². The molecule has 3 aromatic heterocycles. The molecular formula is C19H23N5O. The maximum Gasteiger partial charge on any atom is 0.223 e. The van der Waals surface area contributed by atoms with Gasteiger partial charge in [-0.15, -0.1) is 0 Å². The van der Waals surface area contributed by atoms with Crippen LogP contribution in [0.5, 0.6) is 5.88 Å². The fourth-order valence-electron chi connectivity index (χ4n) is 3.23. The van der Waals surface area contributed by atoms with Crippen molar-refractivity contribution in [1.82, 2.24) is 25.1 Å². The second-order valence-electron chi connectivity index (χ2n) is 6.49. The Labute approximate surface area is 147 Å². The SMILES string of the molecule is CCn1cc(-c2cc3ncccc3c(OCC3CCCNC3)n2)cn1. The Kier molecular flexibility index (Phi) is 4.61. The molecule has 1 saturated heterocycles. The second-order valence-corrected chi connectivity index (χ2v) is 6.49. The van der Waals surface area contributed by atoms with E-state index in [9.17, 15) is 0 Å². The maximum atomic E-state index is 6.14. The number of aromatic nitrogens is 4. The summed E-state index contributed by atoms with van der Waals surface area (Å²) in [5.41, 5.74) is 2.73. The summed E-state index contributed by atoms with van der Waals surface area (Å²) in [5, 5.41) is 8.73. The third kappa shape index (κ3) is 3.49. The lowest BCUT2D eigenvalue weighted by atomic mass is 10.0. The van der Waals surface area contributed by atoms with E-state index < -0.39 is 0 Å². The van der Waals surface area contributed by atoms with Crippen molar-refractivity contribution in [3.8, 4) is 17.1 Å². The van der Waals surface area contributed by atoms with Crippen LogP contribution in [-0.4, -0.2) is 39.4 Å². The lowest BCUT2D eigenvalue weighted by Crippen LogP contribution is -2.33. The molecule has 1 fully saturated rings. The molecule has 4 rings (SSSR count). The van der Waals surface area contributed by atoms with Crippen LogP contribution in [-0.2, 0) is 6.54 Å². The maximum absolute atomic E-state index is 6.14. The van der Waals surface area contributed by atoms with Crippen molar-refractivity contribution in [1.29, 1.82) is 0 Å². The number of hydrogen-bond acceptors (Lipinski definition) is 5. The summed E-state index contributed by atoms with van der Waals surface area (Å²) in [6, 6.07) is 5.94. The fourth-order valence-corrected chi connectivity index (χ4v) is 3.23. The lowest BCUT2D eigenvalue weighted by molar-refractivity contribution is 0.214. The number of piperidine rings is 1. The van der Waals surface area contributed by atoms with Crippen molar-refractivity contribution in [2.75, 3.05) is 19.7 Å². The Balaban J connectivity index is 1.65. The number of rotatable bonds is 5. The van der Waals surface area contributed by atoms with Gasteiger partial charge < -0.3 is 10.1 Å². The van der Waals surface area contributed by atoms with E-state index in [4.69, 9.17) is 9.72 Å². The first kappa shape index (κ1) is 16.0. The van der Waals surface area contributed by atoms with Crippen LogP contribution in [0.2, 0.25) is 0 Å². The monoisotopic (exact) mass is 337 g/mol. The second kappa shape index (κ2) is 7.19. The summed E-state index contributed by atoms with van der Waals surface area (Å²) in [5.74, 6) is 1.20. The predicted molar refractivity (Wildman–Crippen MR) is 97.5 cm³/mol. The topological polar surface area (TPSA) is 64.9 Å². The van der Waals surface area contributed by atoms with Crippen LogP contribution in [0.4, 0.5) is 0 Å². The highest BCUT2D eigenvalue weighted by atomic mass is 16.5. The lowest BCUT2D eigenvalue weighted by Gasteiger charge is -2.22. The molecule has 0 bridgehead atoms. The Morgan fingerprint density at radius 3 is 3.16 bits per heavy atom. The molecule has 4 heterocycles. The molecule has 1 aliphatic heterocycles. The van der Waals surface area contributed by atoms with Gasteiger partial charge in [-0.2, -0.15) is 5.10 Å². The zero-order valence-corrected chi connectivity index (χ0v) is 14.5. The third-order valence-corrected chi connectivity index (χ3v) is 4.67. The van der Waals surface area contributed by atoms with Crippen molar-refractivity contribution in [3.05, 3.63) is 36.8 Å². The molecule has 6 nitrogen and oxygen atoms in total. The van der Waals surface area contributed by atoms with Gasteiger partial charge in [0.05, 0.1) is 29.4 Å². The molecule has 3 aromatic rings. The van der Waals surface area contributed by atoms with Gasteiger partial charge >= 0.3 is 0 Å². The summed E-state index contributed by atoms with van der Waals surface area (Å²) in [6.07, 6.45) is 8.06. The molecule has 130 valence electrons. The summed E-state index contributed by atoms with van der Waals surface area (Å²) in [6.45, 7) is 5.71. The molecule has 0 aliphatic carbocycles. The Hall–Kier alpha value is -2.47. The highest BCUT2D eigenvalue weighted by Gasteiger charge is 2.16. The minimum absolute atomic E-state index is 0.536. The number of hydrogen-bond donors (Lipinski definition) is 1. The van der Waals surface area contributed by atoms with Gasteiger partial charge in [0.2, 0.25) is 5.88 Å². The minimum atomic E-state index is 0.536. The van der Waals surface area contributed by atoms with E-state index >= 15 is 0 Å². The highest BCUT2D eigenvalue weighted by molar-refractivity contribution is 5.86. The Bertz CT molecular complexity index is 854. The zero-order valence-electron chi connectivity index (χ0n) is 14.5. The van der Waals surface area contributed by atoms with Gasteiger partial charge in [-0.25, -0.2) is 4.98 Å². The molecule has 25 heavy (non-hydrogen) atoms. The smallest absolute Gasteiger partial charge is 0.223 e. The van der Waals surface area contributed by atoms with Gasteiger partial charge in [-0.05, 0) is 44.5 Å². The van der Waals surface area contributed by atoms with Crippen LogP contribution < -0.4 is 10.1 Å². The summed E-state index contributed by atoms with van der Waals surface area (Å²) >= 11 is 0. The van der Waals surface area contributed by atoms with Gasteiger partial charge in [0.1, 0.15) is 0 Å². The van der Waals surface area contributed by atoms with E-state index in [1.165, 1.54) is 12.8 Å². The molecule has 1 N–H and O–H groups in total. The van der Waals surface area contributed by atoms with Gasteiger partial charge in [-0.1, -0.05) is 0 Å². The molecule has 1 atom stereocenters. The van der Waals surface area contributed by atoms with Crippen LogP contribution in [0.15, 0.2) is 36.8 Å². The van der Waals surface area contributed by atoms with Crippen LogP contribution in [0.1, 0.15) is 19.8 Å². The van der Waals surface area contributed by atoms with E-state index in [0.29, 0.717) is 18.4 Å². The first-order valence-corrected chi connectivity index (χ1v) is 8.95. The van der Waals surface area contributed by atoms with Crippen LogP contribution in [0.25, 0.3) is 22.2 Å². The van der Waals surface area contributed by atoms with Gasteiger partial charge in [0, 0.05) is 37.0 Å².